The van der Waals surface area contributed by atoms with Crippen molar-refractivity contribution in [2.24, 2.45) is 11.8 Å². The van der Waals surface area contributed by atoms with Crippen molar-refractivity contribution in [1.29, 1.82) is 0 Å². The van der Waals surface area contributed by atoms with Crippen LogP contribution in [0.5, 0.6) is 0 Å². The van der Waals surface area contributed by atoms with Gasteiger partial charge in [0.2, 0.25) is 5.78 Å². The number of Topliss-reactive ketones (excluding diaryl/α,β-unsaturated/α-hetero) is 1. The number of ether oxygens (including phenoxy) is 1. The van der Waals surface area contributed by atoms with E-state index in [4.69, 9.17) is 4.74 Å². The van der Waals surface area contributed by atoms with Crippen molar-refractivity contribution in [2.75, 3.05) is 7.11 Å². The van der Waals surface area contributed by atoms with E-state index in [1.165, 1.54) is 18.3 Å². The van der Waals surface area contributed by atoms with E-state index in [-0.39, 0.29) is 17.6 Å². The fourth-order valence-electron chi connectivity index (χ4n) is 4.03. The summed E-state index contributed by atoms with van der Waals surface area (Å²) in [6.07, 6.45) is 10.5. The van der Waals surface area contributed by atoms with Gasteiger partial charge < -0.3 is 14.9 Å². The van der Waals surface area contributed by atoms with Gasteiger partial charge in [-0.25, -0.2) is 0 Å². The van der Waals surface area contributed by atoms with Gasteiger partial charge in [-0.3, -0.25) is 4.79 Å². The van der Waals surface area contributed by atoms with E-state index in [2.05, 4.69) is 26.0 Å². The molecule has 166 valence electrons. The molecule has 0 bridgehead atoms. The Morgan fingerprint density at radius 2 is 1.90 bits per heavy atom. The molecule has 1 aliphatic carbocycles. The summed E-state index contributed by atoms with van der Waals surface area (Å²) in [6, 6.07) is 0. The lowest BCUT2D eigenvalue weighted by Crippen LogP contribution is -2.38. The molecule has 0 spiro atoms. The average Bonchev–Trinajstić information content (AvgIpc) is 2.64. The highest BCUT2D eigenvalue weighted by atomic mass is 16.5. The number of ketones is 1. The molecule has 2 N–H and O–H groups in total. The second-order valence-corrected chi connectivity index (χ2v) is 9.18. The van der Waals surface area contributed by atoms with Crippen molar-refractivity contribution in [1.82, 2.24) is 0 Å². The first-order valence-corrected chi connectivity index (χ1v) is 11.0. The lowest BCUT2D eigenvalue weighted by atomic mass is 9.75. The fraction of sp³-hybridized carbons (Fsp3) is 0.720. The number of hydrogen-bond acceptors (Lipinski definition) is 4. The topological polar surface area (TPSA) is 66.8 Å². The lowest BCUT2D eigenvalue weighted by Gasteiger charge is -2.33. The molecule has 3 atom stereocenters. The quantitative estimate of drug-likeness (QED) is 0.445. The molecule has 3 unspecified atom stereocenters. The van der Waals surface area contributed by atoms with Crippen LogP contribution in [0.25, 0.3) is 0 Å². The highest BCUT2D eigenvalue weighted by molar-refractivity contribution is 5.97. The summed E-state index contributed by atoms with van der Waals surface area (Å²) < 4.78 is 5.20. The second kappa shape index (κ2) is 11.7. The maximum absolute atomic E-state index is 12.5. The highest BCUT2D eigenvalue weighted by Gasteiger charge is 2.39. The largest absolute Gasteiger partial charge is 0.493 e. The molecule has 0 aromatic heterocycles. The molecule has 0 saturated heterocycles. The van der Waals surface area contributed by atoms with Crippen LogP contribution in [0.3, 0.4) is 0 Å². The molecule has 1 aliphatic rings. The second-order valence-electron chi connectivity index (χ2n) is 9.18. The van der Waals surface area contributed by atoms with Crippen LogP contribution in [0.1, 0.15) is 86.5 Å². The van der Waals surface area contributed by atoms with Crippen molar-refractivity contribution in [2.45, 2.75) is 98.2 Å². The smallest absolute Gasteiger partial charge is 0.200 e. The lowest BCUT2D eigenvalue weighted by molar-refractivity contribution is -0.126. The number of allylic oxidation sites excluding steroid dienone is 5. The van der Waals surface area contributed by atoms with Crippen LogP contribution in [0.15, 0.2) is 34.6 Å². The van der Waals surface area contributed by atoms with Gasteiger partial charge in [-0.05, 0) is 72.6 Å². The van der Waals surface area contributed by atoms with Crippen molar-refractivity contribution >= 4 is 5.78 Å². The molecular weight excluding hydrogens is 364 g/mol. The van der Waals surface area contributed by atoms with E-state index in [1.807, 2.05) is 20.8 Å². The highest BCUT2D eigenvalue weighted by Crippen LogP contribution is 2.35. The average molecular weight is 407 g/mol. The van der Waals surface area contributed by atoms with Gasteiger partial charge in [0.25, 0.3) is 0 Å². The van der Waals surface area contributed by atoms with Crippen molar-refractivity contribution < 1.29 is 19.7 Å². The summed E-state index contributed by atoms with van der Waals surface area (Å²) in [6.45, 7) is 11.7. The molecule has 0 heterocycles. The van der Waals surface area contributed by atoms with Crippen LogP contribution in [-0.4, -0.2) is 34.8 Å². The maximum atomic E-state index is 12.5. The van der Waals surface area contributed by atoms with Gasteiger partial charge in [0, 0.05) is 17.4 Å². The van der Waals surface area contributed by atoms with Crippen molar-refractivity contribution in [3.05, 3.63) is 34.6 Å². The Labute approximate surface area is 177 Å². The SMILES string of the molecule is CCC(=CCCC(C)=CCC1C(C)C(=O)C(OC)=C(C)C1O)CCCC(C)(C)O. The summed E-state index contributed by atoms with van der Waals surface area (Å²) in [5.41, 5.74) is 2.81. The van der Waals surface area contributed by atoms with E-state index in [0.29, 0.717) is 17.8 Å². The summed E-state index contributed by atoms with van der Waals surface area (Å²) >= 11 is 0. The third-order valence-electron chi connectivity index (χ3n) is 6.14. The van der Waals surface area contributed by atoms with Crippen LogP contribution in [0.4, 0.5) is 0 Å². The van der Waals surface area contributed by atoms with Crippen LogP contribution < -0.4 is 0 Å². The van der Waals surface area contributed by atoms with Crippen molar-refractivity contribution in [3.8, 4) is 0 Å². The minimum atomic E-state index is -0.635. The minimum absolute atomic E-state index is 0.00655. The molecule has 0 aliphatic heterocycles. The van der Waals surface area contributed by atoms with Gasteiger partial charge in [-0.1, -0.05) is 37.1 Å². The first kappa shape index (κ1) is 25.6. The summed E-state index contributed by atoms with van der Waals surface area (Å²) in [5.74, 6) is -0.0216. The molecule has 0 radical (unpaired) electrons. The van der Waals surface area contributed by atoms with E-state index >= 15 is 0 Å². The number of aliphatic hydroxyl groups is 2. The predicted molar refractivity (Wildman–Crippen MR) is 120 cm³/mol. The van der Waals surface area contributed by atoms with Gasteiger partial charge in [-0.15, -0.1) is 0 Å². The third-order valence-corrected chi connectivity index (χ3v) is 6.14. The molecule has 0 aromatic carbocycles. The Kier molecular flexibility index (Phi) is 10.4. The molecule has 1 rings (SSSR count). The molecule has 0 aromatic rings. The first-order valence-electron chi connectivity index (χ1n) is 11.0. The number of carbonyl (C=O) groups is 1. The first-order chi connectivity index (χ1) is 13.5. The number of methoxy groups -OCH3 is 1. The van der Waals surface area contributed by atoms with E-state index in [1.54, 1.807) is 6.92 Å². The Morgan fingerprint density at radius 1 is 1.24 bits per heavy atom. The van der Waals surface area contributed by atoms with Crippen LogP contribution in [0, 0.1) is 11.8 Å². The van der Waals surface area contributed by atoms with E-state index in [0.717, 1.165) is 38.5 Å². The third kappa shape index (κ3) is 8.10. The Hall–Kier alpha value is -1.39. The van der Waals surface area contributed by atoms with Gasteiger partial charge >= 0.3 is 0 Å². The summed E-state index contributed by atoms with van der Waals surface area (Å²) in [4.78, 5) is 12.5. The number of hydrogen-bond donors (Lipinski definition) is 2. The van der Waals surface area contributed by atoms with E-state index < -0.39 is 11.7 Å². The monoisotopic (exact) mass is 406 g/mol. The van der Waals surface area contributed by atoms with Gasteiger partial charge in [-0.2, -0.15) is 0 Å². The summed E-state index contributed by atoms with van der Waals surface area (Å²) in [5, 5.41) is 20.5. The molecular formula is C25H42O4. The zero-order chi connectivity index (χ0) is 22.2. The zero-order valence-electron chi connectivity index (χ0n) is 19.5. The molecule has 4 nitrogen and oxygen atoms in total. The number of aliphatic hydroxyl groups excluding tert-OH is 1. The normalized spacial score (nSPS) is 24.3. The molecule has 0 fully saturated rings. The molecule has 0 saturated carbocycles. The Bertz CT molecular complexity index is 634. The Balaban J connectivity index is 2.59. The van der Waals surface area contributed by atoms with Crippen molar-refractivity contribution in [3.63, 3.8) is 0 Å². The van der Waals surface area contributed by atoms with Gasteiger partial charge in [0.05, 0.1) is 18.8 Å². The standard InChI is InChI=1S/C25H42O4/c1-8-20(13-10-16-25(5,6)28)12-9-11-17(2)14-15-21-18(3)23(27)24(29-7)19(4)22(21)26/h12,14,18,21-22,26,28H,8-11,13,15-16H2,1-7H3. The Morgan fingerprint density at radius 3 is 2.45 bits per heavy atom. The number of carbonyl (C=O) groups excluding carboxylic acids is 1. The van der Waals surface area contributed by atoms with Crippen LogP contribution >= 0.6 is 0 Å². The minimum Gasteiger partial charge on any atom is -0.493 e. The van der Waals surface area contributed by atoms with Gasteiger partial charge in [0.15, 0.2) is 5.76 Å². The predicted octanol–water partition coefficient (Wildman–Crippen LogP) is 5.50. The van der Waals surface area contributed by atoms with Gasteiger partial charge in [0.1, 0.15) is 0 Å². The molecule has 29 heavy (non-hydrogen) atoms. The van der Waals surface area contributed by atoms with Crippen LogP contribution in [-0.2, 0) is 9.53 Å². The number of rotatable bonds is 11. The van der Waals surface area contributed by atoms with Crippen LogP contribution in [0.2, 0.25) is 0 Å². The maximum Gasteiger partial charge on any atom is 0.200 e. The molecule has 0 amide bonds. The van der Waals surface area contributed by atoms with E-state index in [9.17, 15) is 15.0 Å². The summed E-state index contributed by atoms with van der Waals surface area (Å²) in [7, 11) is 1.49. The zero-order valence-corrected chi connectivity index (χ0v) is 19.5. The fourth-order valence-corrected chi connectivity index (χ4v) is 4.03. The molecule has 4 heteroatoms.